The zero-order valence-electron chi connectivity index (χ0n) is 13.1. The van der Waals surface area contributed by atoms with E-state index in [1.54, 1.807) is 4.90 Å². The number of rotatable bonds is 4. The molecule has 1 saturated heterocycles. The van der Waals surface area contributed by atoms with Crippen LogP contribution in [0.5, 0.6) is 0 Å². The van der Waals surface area contributed by atoms with Crippen molar-refractivity contribution in [2.45, 2.75) is 51.4 Å². The van der Waals surface area contributed by atoms with Gasteiger partial charge in [-0.2, -0.15) is 0 Å². The molecule has 2 amide bonds. The first-order chi connectivity index (χ1) is 10.6. The fourth-order valence-electron chi connectivity index (χ4n) is 4.37. The highest BCUT2D eigenvalue weighted by Crippen LogP contribution is 2.48. The molecule has 5 nitrogen and oxygen atoms in total. The van der Waals surface area contributed by atoms with E-state index in [1.807, 2.05) is 0 Å². The number of hydrogen-bond acceptors (Lipinski definition) is 2. The van der Waals surface area contributed by atoms with Gasteiger partial charge in [0.2, 0.25) is 0 Å². The standard InChI is InChI=1S/C17H26N2O3/c20-15(21)17-9-4-7-14(17)11-19(12-17)16(22)18-10-8-13-5-2-1-3-6-13/h5,14H,1-4,6-12H2,(H,18,22)(H,20,21)/t14-,17+/m0/s1. The average Bonchev–Trinajstić information content (AvgIpc) is 3.06. The van der Waals surface area contributed by atoms with Gasteiger partial charge in [0.25, 0.3) is 0 Å². The minimum atomic E-state index is -0.724. The number of fused-ring (bicyclic) bond motifs is 1. The average molecular weight is 306 g/mol. The highest BCUT2D eigenvalue weighted by molar-refractivity contribution is 5.80. The van der Waals surface area contributed by atoms with Gasteiger partial charge in [-0.25, -0.2) is 4.79 Å². The van der Waals surface area contributed by atoms with Crippen LogP contribution in [0, 0.1) is 11.3 Å². The Balaban J connectivity index is 1.49. The summed E-state index contributed by atoms with van der Waals surface area (Å²) in [6.07, 6.45) is 10.7. The molecule has 2 fully saturated rings. The maximum atomic E-state index is 12.3. The number of carbonyl (C=O) groups excluding carboxylic acids is 1. The molecule has 0 spiro atoms. The van der Waals surface area contributed by atoms with Gasteiger partial charge >= 0.3 is 12.0 Å². The molecule has 0 radical (unpaired) electrons. The van der Waals surface area contributed by atoms with Crippen molar-refractivity contribution in [2.24, 2.45) is 11.3 Å². The van der Waals surface area contributed by atoms with Crippen molar-refractivity contribution < 1.29 is 14.7 Å². The largest absolute Gasteiger partial charge is 0.481 e. The molecule has 2 N–H and O–H groups in total. The van der Waals surface area contributed by atoms with Crippen molar-refractivity contribution in [3.63, 3.8) is 0 Å². The molecule has 3 rings (SSSR count). The Morgan fingerprint density at radius 3 is 2.91 bits per heavy atom. The molecule has 0 aromatic heterocycles. The highest BCUT2D eigenvalue weighted by atomic mass is 16.4. The SMILES string of the molecule is O=C(NCCC1=CCCCC1)N1C[C@@H]2CCC[C@@]2(C(=O)O)C1. The Hall–Kier alpha value is -1.52. The highest BCUT2D eigenvalue weighted by Gasteiger charge is 2.55. The van der Waals surface area contributed by atoms with Gasteiger partial charge in [-0.15, -0.1) is 0 Å². The van der Waals surface area contributed by atoms with E-state index in [4.69, 9.17) is 0 Å². The van der Waals surface area contributed by atoms with Crippen molar-refractivity contribution in [1.82, 2.24) is 10.2 Å². The van der Waals surface area contributed by atoms with E-state index < -0.39 is 11.4 Å². The summed E-state index contributed by atoms with van der Waals surface area (Å²) >= 11 is 0. The van der Waals surface area contributed by atoms with Crippen LogP contribution in [0.1, 0.15) is 51.4 Å². The lowest BCUT2D eigenvalue weighted by Crippen LogP contribution is -2.42. The second-order valence-corrected chi connectivity index (χ2v) is 7.02. The fourth-order valence-corrected chi connectivity index (χ4v) is 4.37. The zero-order valence-corrected chi connectivity index (χ0v) is 13.1. The molecular formula is C17H26N2O3. The van der Waals surface area contributed by atoms with Crippen molar-refractivity contribution in [1.29, 1.82) is 0 Å². The second-order valence-electron chi connectivity index (χ2n) is 7.02. The Morgan fingerprint density at radius 2 is 2.23 bits per heavy atom. The van der Waals surface area contributed by atoms with E-state index in [1.165, 1.54) is 18.4 Å². The van der Waals surface area contributed by atoms with Crippen LogP contribution in [-0.4, -0.2) is 41.6 Å². The number of likely N-dealkylation sites (tertiary alicyclic amines) is 1. The third kappa shape index (κ3) is 2.85. The lowest BCUT2D eigenvalue weighted by atomic mass is 9.81. The number of aliphatic carboxylic acids is 1. The molecule has 5 heteroatoms. The number of carbonyl (C=O) groups is 2. The lowest BCUT2D eigenvalue weighted by molar-refractivity contribution is -0.149. The fraction of sp³-hybridized carbons (Fsp3) is 0.765. The Morgan fingerprint density at radius 1 is 1.36 bits per heavy atom. The van der Waals surface area contributed by atoms with Crippen LogP contribution >= 0.6 is 0 Å². The first-order valence-electron chi connectivity index (χ1n) is 8.56. The predicted octanol–water partition coefficient (Wildman–Crippen LogP) is 2.77. The first kappa shape index (κ1) is 15.4. The number of nitrogens with zero attached hydrogens (tertiary/aromatic N) is 1. The zero-order chi connectivity index (χ0) is 15.6. The Bertz CT molecular complexity index is 488. The topological polar surface area (TPSA) is 69.6 Å². The number of urea groups is 1. The van der Waals surface area contributed by atoms with Gasteiger partial charge in [0, 0.05) is 19.6 Å². The van der Waals surface area contributed by atoms with Crippen LogP contribution in [0.3, 0.4) is 0 Å². The minimum absolute atomic E-state index is 0.0913. The number of carboxylic acid groups (broad SMARTS) is 1. The first-order valence-corrected chi connectivity index (χ1v) is 8.56. The van der Waals surface area contributed by atoms with Gasteiger partial charge in [0.05, 0.1) is 5.41 Å². The van der Waals surface area contributed by atoms with Gasteiger partial charge in [-0.3, -0.25) is 4.79 Å². The van der Waals surface area contributed by atoms with E-state index in [0.717, 1.165) is 32.1 Å². The minimum Gasteiger partial charge on any atom is -0.481 e. The normalized spacial score (nSPS) is 30.8. The van der Waals surface area contributed by atoms with Gasteiger partial charge in [0.15, 0.2) is 0 Å². The molecular weight excluding hydrogens is 280 g/mol. The summed E-state index contributed by atoms with van der Waals surface area (Å²) in [7, 11) is 0. The summed E-state index contributed by atoms with van der Waals surface area (Å²) in [5, 5.41) is 12.5. The molecule has 0 unspecified atom stereocenters. The van der Waals surface area contributed by atoms with Crippen molar-refractivity contribution >= 4 is 12.0 Å². The molecule has 22 heavy (non-hydrogen) atoms. The number of allylic oxidation sites excluding steroid dienone is 1. The van der Waals surface area contributed by atoms with Crippen molar-refractivity contribution in [2.75, 3.05) is 19.6 Å². The van der Waals surface area contributed by atoms with Crippen LogP contribution in [0.25, 0.3) is 0 Å². The molecule has 0 bridgehead atoms. The van der Waals surface area contributed by atoms with Crippen molar-refractivity contribution in [3.05, 3.63) is 11.6 Å². The number of hydrogen-bond donors (Lipinski definition) is 2. The molecule has 1 heterocycles. The predicted molar refractivity (Wildman–Crippen MR) is 83.5 cm³/mol. The van der Waals surface area contributed by atoms with E-state index >= 15 is 0 Å². The summed E-state index contributed by atoms with van der Waals surface area (Å²) < 4.78 is 0. The number of amides is 2. The summed E-state index contributed by atoms with van der Waals surface area (Å²) in [4.78, 5) is 25.6. The maximum absolute atomic E-state index is 12.3. The molecule has 1 saturated carbocycles. The third-order valence-electron chi connectivity index (χ3n) is 5.69. The van der Waals surface area contributed by atoms with Crippen LogP contribution in [0.15, 0.2) is 11.6 Å². The number of carboxylic acids is 1. The van der Waals surface area contributed by atoms with Gasteiger partial charge in [-0.05, 0) is 50.9 Å². The van der Waals surface area contributed by atoms with E-state index in [-0.39, 0.29) is 11.9 Å². The summed E-state index contributed by atoms with van der Waals surface area (Å²) in [6.45, 7) is 1.63. The molecule has 2 atom stereocenters. The van der Waals surface area contributed by atoms with E-state index in [9.17, 15) is 14.7 Å². The monoisotopic (exact) mass is 306 g/mol. The van der Waals surface area contributed by atoms with Crippen LogP contribution in [0.4, 0.5) is 4.79 Å². The van der Waals surface area contributed by atoms with Crippen molar-refractivity contribution in [3.8, 4) is 0 Å². The number of nitrogens with one attached hydrogen (secondary N) is 1. The molecule has 0 aromatic carbocycles. The summed E-state index contributed by atoms with van der Waals surface area (Å²) in [5.41, 5.74) is 0.773. The van der Waals surface area contributed by atoms with E-state index in [0.29, 0.717) is 26.1 Å². The summed E-state index contributed by atoms with van der Waals surface area (Å²) in [5.74, 6) is -0.588. The quantitative estimate of drug-likeness (QED) is 0.785. The summed E-state index contributed by atoms with van der Waals surface area (Å²) in [6, 6.07) is -0.0913. The molecule has 3 aliphatic rings. The van der Waals surface area contributed by atoms with Gasteiger partial charge in [-0.1, -0.05) is 18.1 Å². The molecule has 122 valence electrons. The van der Waals surface area contributed by atoms with Gasteiger partial charge in [0.1, 0.15) is 0 Å². The smallest absolute Gasteiger partial charge is 0.317 e. The Labute approximate surface area is 131 Å². The Kier molecular flexibility index (Phi) is 4.41. The van der Waals surface area contributed by atoms with Gasteiger partial charge < -0.3 is 15.3 Å². The lowest BCUT2D eigenvalue weighted by Gasteiger charge is -2.23. The molecule has 0 aromatic rings. The molecule has 1 aliphatic heterocycles. The second kappa shape index (κ2) is 6.31. The van der Waals surface area contributed by atoms with Crippen LogP contribution in [-0.2, 0) is 4.79 Å². The third-order valence-corrected chi connectivity index (χ3v) is 5.69. The van der Waals surface area contributed by atoms with Crippen LogP contribution < -0.4 is 5.32 Å². The molecule has 2 aliphatic carbocycles. The van der Waals surface area contributed by atoms with Crippen LogP contribution in [0.2, 0.25) is 0 Å². The van der Waals surface area contributed by atoms with E-state index in [2.05, 4.69) is 11.4 Å². The maximum Gasteiger partial charge on any atom is 0.317 e.